The van der Waals surface area contributed by atoms with Crippen LogP contribution in [0.1, 0.15) is 55.8 Å². The Balaban J connectivity index is 1.99. The second kappa shape index (κ2) is 8.92. The third kappa shape index (κ3) is 6.01. The van der Waals surface area contributed by atoms with E-state index in [1.807, 2.05) is 30.1 Å². The molecule has 0 spiro atoms. The first-order valence-corrected chi connectivity index (χ1v) is 6.97. The van der Waals surface area contributed by atoms with E-state index in [4.69, 9.17) is 4.74 Å². The van der Waals surface area contributed by atoms with Gasteiger partial charge in [-0.25, -0.2) is 0 Å². The fourth-order valence-electron chi connectivity index (χ4n) is 1.90. The normalized spacial score (nSPS) is 10.8. The molecule has 1 aromatic rings. The minimum Gasteiger partial charge on any atom is -0.373 e. The van der Waals surface area contributed by atoms with Gasteiger partial charge in [-0.15, -0.1) is 0 Å². The van der Waals surface area contributed by atoms with Gasteiger partial charge in [0.25, 0.3) is 0 Å². The molecule has 18 heavy (non-hydrogen) atoms. The predicted octanol–water partition coefficient (Wildman–Crippen LogP) is 3.58. The van der Waals surface area contributed by atoms with Crippen molar-refractivity contribution in [2.45, 2.75) is 45.4 Å². The van der Waals surface area contributed by atoms with E-state index in [1.165, 1.54) is 32.1 Å². The van der Waals surface area contributed by atoms with Crippen molar-refractivity contribution in [3.8, 4) is 0 Å². The molecule has 0 fully saturated rings. The lowest BCUT2D eigenvalue weighted by Gasteiger charge is -2.03. The molecule has 0 bridgehead atoms. The number of carbonyl (C=O) groups is 1. The molecular formula is C15H25NO2. The van der Waals surface area contributed by atoms with Crippen LogP contribution in [-0.2, 0) is 11.8 Å². The number of ketones is 1. The first-order valence-electron chi connectivity index (χ1n) is 6.97. The number of ether oxygens (including phenoxy) is 1. The number of hydrogen-bond donors (Lipinski definition) is 0. The minimum absolute atomic E-state index is 0.0709. The number of unbranched alkanes of at least 4 members (excludes halogenated alkanes) is 5. The fraction of sp³-hybridized carbons (Fsp3) is 0.667. The van der Waals surface area contributed by atoms with Crippen LogP contribution < -0.4 is 0 Å². The summed E-state index contributed by atoms with van der Waals surface area (Å²) in [4.78, 5) is 11.7. The Morgan fingerprint density at radius 2 is 1.94 bits per heavy atom. The summed E-state index contributed by atoms with van der Waals surface area (Å²) in [6, 6.07) is 1.83. The molecule has 3 nitrogen and oxygen atoms in total. The van der Waals surface area contributed by atoms with Crippen molar-refractivity contribution < 1.29 is 9.53 Å². The van der Waals surface area contributed by atoms with Crippen LogP contribution in [-0.4, -0.2) is 23.6 Å². The summed E-state index contributed by atoms with van der Waals surface area (Å²) in [6.45, 7) is 3.13. The van der Waals surface area contributed by atoms with E-state index < -0.39 is 0 Å². The van der Waals surface area contributed by atoms with Crippen LogP contribution in [0, 0.1) is 0 Å². The number of aryl methyl sites for hydroxylation is 1. The first kappa shape index (κ1) is 15.0. The molecule has 0 N–H and O–H groups in total. The molecule has 1 rings (SSSR count). The highest BCUT2D eigenvalue weighted by atomic mass is 16.5. The average Bonchev–Trinajstić information content (AvgIpc) is 2.79. The number of carbonyl (C=O) groups excluding carboxylic acids is 1. The molecule has 0 aromatic carbocycles. The molecule has 0 aliphatic rings. The van der Waals surface area contributed by atoms with Crippen molar-refractivity contribution in [2.75, 3.05) is 13.2 Å². The van der Waals surface area contributed by atoms with E-state index in [0.717, 1.165) is 12.0 Å². The Labute approximate surface area is 110 Å². The lowest BCUT2D eigenvalue weighted by molar-refractivity contribution is 0.0752. The van der Waals surface area contributed by atoms with E-state index in [0.29, 0.717) is 6.61 Å². The Hall–Kier alpha value is -1.09. The lowest BCUT2D eigenvalue weighted by atomic mass is 10.1. The maximum Gasteiger partial charge on any atom is 0.189 e. The second-order valence-electron chi connectivity index (χ2n) is 4.81. The summed E-state index contributed by atoms with van der Waals surface area (Å²) in [5, 5.41) is 0. The summed E-state index contributed by atoms with van der Waals surface area (Å²) in [5.74, 6) is 0.0709. The van der Waals surface area contributed by atoms with Crippen LogP contribution in [0.2, 0.25) is 0 Å². The summed E-state index contributed by atoms with van der Waals surface area (Å²) in [6.07, 6.45) is 11.2. The van der Waals surface area contributed by atoms with Gasteiger partial charge in [0.15, 0.2) is 5.78 Å². The molecule has 0 saturated carbocycles. The van der Waals surface area contributed by atoms with Crippen molar-refractivity contribution in [1.82, 2.24) is 4.57 Å². The summed E-state index contributed by atoms with van der Waals surface area (Å²) >= 11 is 0. The van der Waals surface area contributed by atoms with Gasteiger partial charge in [0, 0.05) is 31.6 Å². The summed E-state index contributed by atoms with van der Waals surface area (Å²) in [7, 11) is 1.91. The van der Waals surface area contributed by atoms with Crippen molar-refractivity contribution in [1.29, 1.82) is 0 Å². The highest BCUT2D eigenvalue weighted by Crippen LogP contribution is 2.05. The van der Waals surface area contributed by atoms with Gasteiger partial charge in [0.2, 0.25) is 0 Å². The zero-order valence-electron chi connectivity index (χ0n) is 11.7. The fourth-order valence-corrected chi connectivity index (χ4v) is 1.90. The monoisotopic (exact) mass is 251 g/mol. The Kier molecular flexibility index (Phi) is 7.42. The third-order valence-electron chi connectivity index (χ3n) is 3.03. The van der Waals surface area contributed by atoms with E-state index in [2.05, 4.69) is 6.92 Å². The van der Waals surface area contributed by atoms with Crippen molar-refractivity contribution in [3.63, 3.8) is 0 Å². The number of rotatable bonds is 10. The Morgan fingerprint density at radius 3 is 2.61 bits per heavy atom. The third-order valence-corrected chi connectivity index (χ3v) is 3.03. The number of hydrogen-bond acceptors (Lipinski definition) is 2. The average molecular weight is 251 g/mol. The summed E-state index contributed by atoms with van der Waals surface area (Å²) in [5.41, 5.74) is 0.737. The van der Waals surface area contributed by atoms with Gasteiger partial charge in [-0.2, -0.15) is 0 Å². The number of Topliss-reactive ketones (excluding diaryl/α,β-unsaturated/α-hetero) is 1. The molecule has 0 aliphatic carbocycles. The molecule has 1 aromatic heterocycles. The highest BCUT2D eigenvalue weighted by molar-refractivity contribution is 5.96. The zero-order valence-corrected chi connectivity index (χ0v) is 11.7. The van der Waals surface area contributed by atoms with Gasteiger partial charge in [0.1, 0.15) is 6.61 Å². The van der Waals surface area contributed by atoms with Gasteiger partial charge < -0.3 is 9.30 Å². The van der Waals surface area contributed by atoms with E-state index in [9.17, 15) is 4.79 Å². The maximum absolute atomic E-state index is 11.7. The molecule has 1 heterocycles. The van der Waals surface area contributed by atoms with Crippen molar-refractivity contribution in [2.24, 2.45) is 7.05 Å². The maximum atomic E-state index is 11.7. The number of aromatic nitrogens is 1. The second-order valence-corrected chi connectivity index (χ2v) is 4.81. The molecule has 0 saturated heterocycles. The van der Waals surface area contributed by atoms with Crippen molar-refractivity contribution in [3.05, 3.63) is 24.0 Å². The lowest BCUT2D eigenvalue weighted by Crippen LogP contribution is -2.09. The van der Waals surface area contributed by atoms with Gasteiger partial charge in [-0.05, 0) is 12.5 Å². The molecule has 3 heteroatoms. The topological polar surface area (TPSA) is 31.2 Å². The van der Waals surface area contributed by atoms with Crippen LogP contribution in [0.3, 0.4) is 0 Å². The quantitative estimate of drug-likeness (QED) is 0.470. The van der Waals surface area contributed by atoms with Crippen LogP contribution in [0.25, 0.3) is 0 Å². The van der Waals surface area contributed by atoms with Gasteiger partial charge >= 0.3 is 0 Å². The standard InChI is InChI=1S/C15H25NO2/c1-3-4-5-6-7-8-11-18-13-15(17)14-9-10-16(2)12-14/h9-10,12H,3-8,11,13H2,1-2H3. The molecule has 0 atom stereocenters. The van der Waals surface area contributed by atoms with E-state index in [-0.39, 0.29) is 12.4 Å². The highest BCUT2D eigenvalue weighted by Gasteiger charge is 2.06. The Morgan fingerprint density at radius 1 is 1.22 bits per heavy atom. The van der Waals surface area contributed by atoms with Crippen LogP contribution >= 0.6 is 0 Å². The van der Waals surface area contributed by atoms with Gasteiger partial charge in [-0.3, -0.25) is 4.79 Å². The smallest absolute Gasteiger partial charge is 0.189 e. The molecule has 0 unspecified atom stereocenters. The first-order chi connectivity index (χ1) is 8.74. The Bertz CT molecular complexity index is 344. The van der Waals surface area contributed by atoms with Crippen LogP contribution in [0.5, 0.6) is 0 Å². The van der Waals surface area contributed by atoms with Crippen molar-refractivity contribution >= 4 is 5.78 Å². The molecule has 0 aliphatic heterocycles. The summed E-state index contributed by atoms with van der Waals surface area (Å²) < 4.78 is 7.28. The van der Waals surface area contributed by atoms with Crippen LogP contribution in [0.4, 0.5) is 0 Å². The SMILES string of the molecule is CCCCCCCCOCC(=O)c1ccn(C)c1. The number of nitrogens with zero attached hydrogens (tertiary/aromatic N) is 1. The largest absolute Gasteiger partial charge is 0.373 e. The van der Waals surface area contributed by atoms with E-state index in [1.54, 1.807) is 0 Å². The van der Waals surface area contributed by atoms with Crippen LogP contribution in [0.15, 0.2) is 18.5 Å². The molecular weight excluding hydrogens is 226 g/mol. The molecule has 0 amide bonds. The minimum atomic E-state index is 0.0709. The van der Waals surface area contributed by atoms with Gasteiger partial charge in [0.05, 0.1) is 0 Å². The van der Waals surface area contributed by atoms with E-state index >= 15 is 0 Å². The molecule has 102 valence electrons. The zero-order chi connectivity index (χ0) is 13.2. The molecule has 0 radical (unpaired) electrons. The predicted molar refractivity (Wildman–Crippen MR) is 73.9 cm³/mol. The van der Waals surface area contributed by atoms with Gasteiger partial charge in [-0.1, -0.05) is 39.0 Å².